The highest BCUT2D eigenvalue weighted by atomic mass is 19.4. The molecular weight excluding hydrogens is 1050 g/mol. The third kappa shape index (κ3) is 8.59. The monoisotopic (exact) mass is 1080 g/mol. The second-order valence-corrected chi connectivity index (χ2v) is 16.1. The van der Waals surface area contributed by atoms with Gasteiger partial charge in [-0.25, -0.2) is 70.2 Å². The third-order valence-corrected chi connectivity index (χ3v) is 11.8. The fraction of sp³-hybridized carbons (Fsp3) is 0.234. The van der Waals surface area contributed by atoms with Crippen LogP contribution in [0.1, 0.15) is 62.8 Å². The Balaban J connectivity index is 1.39. The van der Waals surface area contributed by atoms with Crippen LogP contribution in [-0.2, 0) is 16.7 Å². The lowest BCUT2D eigenvalue weighted by Crippen LogP contribution is -2.54. The number of hydrogen-bond donors (Lipinski definition) is 0. The molecule has 6 aromatic rings. The number of alkyl halides is 7. The molecule has 73 heavy (non-hydrogen) atoms. The van der Waals surface area contributed by atoms with E-state index in [0.717, 1.165) is 13.8 Å². The van der Waals surface area contributed by atoms with Gasteiger partial charge in [0.2, 0.25) is 28.6 Å². The van der Waals surface area contributed by atoms with Crippen LogP contribution in [0.3, 0.4) is 0 Å². The van der Waals surface area contributed by atoms with E-state index in [4.69, 9.17) is 4.74 Å². The maximum absolute atomic E-state index is 15.6. The van der Waals surface area contributed by atoms with Crippen molar-refractivity contribution in [2.24, 2.45) is 0 Å². The summed E-state index contributed by atoms with van der Waals surface area (Å²) in [4.78, 5) is 0. The lowest BCUT2D eigenvalue weighted by Gasteiger charge is -2.38. The summed E-state index contributed by atoms with van der Waals surface area (Å²) in [6.45, 7) is 3.07. The van der Waals surface area contributed by atoms with Gasteiger partial charge in [0.05, 0.1) is 33.4 Å². The lowest BCUT2D eigenvalue weighted by atomic mass is 9.73. The number of hydrogen-bond acceptors (Lipinski definition) is 2. The van der Waals surface area contributed by atoms with E-state index >= 15 is 70.2 Å². The third-order valence-electron chi connectivity index (χ3n) is 11.8. The van der Waals surface area contributed by atoms with Crippen LogP contribution in [0.4, 0.5) is 105 Å². The fourth-order valence-corrected chi connectivity index (χ4v) is 7.75. The second-order valence-electron chi connectivity index (χ2n) is 16.1. The van der Waals surface area contributed by atoms with Gasteiger partial charge in [-0.15, -0.1) is 0 Å². The van der Waals surface area contributed by atoms with Crippen LogP contribution in [0.25, 0.3) is 22.3 Å². The average Bonchev–Trinajstić information content (AvgIpc) is 3.32. The van der Waals surface area contributed by atoms with E-state index in [1.54, 1.807) is 0 Å². The zero-order valence-corrected chi connectivity index (χ0v) is 36.4. The van der Waals surface area contributed by atoms with Gasteiger partial charge >= 0.3 is 12.4 Å². The molecule has 0 saturated carbocycles. The van der Waals surface area contributed by atoms with Crippen LogP contribution in [0.15, 0.2) is 48.5 Å². The Kier molecular flexibility index (Phi) is 14.4. The molecule has 0 amide bonds. The standard InChI is InChI=1S/C47H24F24O2/c1-5-43(3,65)23-33(56)25(48)20(26(49)34(23)57)22-31(54)40(63)42(41(64)32(22)55)72-17-11-7-15(8-12-17)45(46(66,67)68,47(69,70)71)16-9-13-18(14-10-16)73-44(4,6-2)24-35(58)27(50)19(28(51)36(24)59)21-29(52)37(60)39(62)38(61)30(21)53/h7-14H,5-6H2,1-4H3. The van der Waals surface area contributed by atoms with E-state index in [1.165, 1.54) is 0 Å². The maximum atomic E-state index is 15.6. The van der Waals surface area contributed by atoms with Gasteiger partial charge < -0.3 is 9.47 Å². The highest BCUT2D eigenvalue weighted by Gasteiger charge is 2.72. The first-order valence-electron chi connectivity index (χ1n) is 20.1. The number of rotatable bonds is 12. The molecule has 2 unspecified atom stereocenters. The van der Waals surface area contributed by atoms with Gasteiger partial charge in [0.15, 0.2) is 81.4 Å². The molecule has 6 rings (SSSR count). The topological polar surface area (TPSA) is 18.5 Å². The largest absolute Gasteiger partial charge is 0.483 e. The Morgan fingerprint density at radius 1 is 0.342 bits per heavy atom. The van der Waals surface area contributed by atoms with Crippen molar-refractivity contribution in [3.63, 3.8) is 0 Å². The molecule has 0 bridgehead atoms. The minimum absolute atomic E-state index is 0.0245. The first-order chi connectivity index (χ1) is 33.6. The summed E-state index contributed by atoms with van der Waals surface area (Å²) in [6, 6.07) is 1.00. The highest BCUT2D eigenvalue weighted by Crippen LogP contribution is 2.57. The van der Waals surface area contributed by atoms with Crippen LogP contribution in [0, 0.1) is 98.9 Å². The van der Waals surface area contributed by atoms with Gasteiger partial charge in [0, 0.05) is 0 Å². The van der Waals surface area contributed by atoms with E-state index in [9.17, 15) is 35.1 Å². The first-order valence-corrected chi connectivity index (χ1v) is 20.1. The summed E-state index contributed by atoms with van der Waals surface area (Å²) in [5, 5.41) is 0. The van der Waals surface area contributed by atoms with Crippen molar-refractivity contribution in [2.75, 3.05) is 0 Å². The van der Waals surface area contributed by atoms with E-state index in [0.29, 0.717) is 26.0 Å². The molecule has 0 radical (unpaired) electrons. The summed E-state index contributed by atoms with van der Waals surface area (Å²) < 4.78 is 368. The van der Waals surface area contributed by atoms with Crippen molar-refractivity contribution < 1.29 is 115 Å². The zero-order valence-electron chi connectivity index (χ0n) is 36.4. The van der Waals surface area contributed by atoms with E-state index in [-0.39, 0.29) is 36.4 Å². The van der Waals surface area contributed by atoms with Crippen LogP contribution in [0.2, 0.25) is 0 Å². The highest BCUT2D eigenvalue weighted by molar-refractivity contribution is 5.70. The van der Waals surface area contributed by atoms with Gasteiger partial charge in [-0.05, 0) is 62.1 Å². The first kappa shape index (κ1) is 55.6. The Bertz CT molecular complexity index is 3050. The van der Waals surface area contributed by atoms with Crippen LogP contribution < -0.4 is 9.47 Å². The smallest absolute Gasteiger partial charge is 0.411 e. The van der Waals surface area contributed by atoms with Crippen molar-refractivity contribution in [1.29, 1.82) is 0 Å². The van der Waals surface area contributed by atoms with Crippen LogP contribution >= 0.6 is 0 Å². The lowest BCUT2D eigenvalue weighted by molar-refractivity contribution is -0.288. The Morgan fingerprint density at radius 2 is 0.630 bits per heavy atom. The van der Waals surface area contributed by atoms with Gasteiger partial charge in [0.1, 0.15) is 22.8 Å². The Labute approximate surface area is 393 Å². The number of ether oxygens (including phenoxy) is 2. The summed E-state index contributed by atoms with van der Waals surface area (Å²) in [5.74, 6) is -50.9. The Hall–Kier alpha value is -6.76. The minimum Gasteiger partial charge on any atom is -0.483 e. The summed E-state index contributed by atoms with van der Waals surface area (Å²) >= 11 is 0. The molecule has 0 saturated heterocycles. The molecule has 0 heterocycles. The number of benzene rings is 6. The van der Waals surface area contributed by atoms with E-state index < -0.39 is 203 Å². The predicted octanol–water partition coefficient (Wildman–Crippen LogP) is 16.9. The molecule has 0 fully saturated rings. The maximum Gasteiger partial charge on any atom is 0.411 e. The molecule has 0 aromatic heterocycles. The van der Waals surface area contributed by atoms with Crippen molar-refractivity contribution in [3.8, 4) is 39.5 Å². The molecule has 26 heteroatoms. The van der Waals surface area contributed by atoms with Gasteiger partial charge in [-0.2, -0.15) is 35.1 Å². The molecule has 2 nitrogen and oxygen atoms in total. The average molecular weight is 1080 g/mol. The molecule has 0 spiro atoms. The Morgan fingerprint density at radius 3 is 0.945 bits per heavy atom. The van der Waals surface area contributed by atoms with Crippen molar-refractivity contribution in [3.05, 3.63) is 170 Å². The van der Waals surface area contributed by atoms with Crippen LogP contribution in [-0.4, -0.2) is 12.4 Å². The molecule has 2 atom stereocenters. The predicted molar refractivity (Wildman–Crippen MR) is 206 cm³/mol. The summed E-state index contributed by atoms with van der Waals surface area (Å²) in [6.07, 6.45) is -14.5. The minimum atomic E-state index is -6.44. The van der Waals surface area contributed by atoms with Crippen molar-refractivity contribution >= 4 is 0 Å². The molecule has 0 N–H and O–H groups in total. The quantitative estimate of drug-likeness (QED) is 0.0691. The molecule has 0 aliphatic heterocycles. The SMILES string of the molecule is CCC(C)(F)c1c(F)c(F)c(-c2c(F)c(F)c(Oc3ccc(C(c4ccc(OC(C)(CC)c5c(F)c(F)c(-c6c(F)c(F)c(F)c(F)c6F)c(F)c5F)cc4)(C(F)(F)F)C(F)(F)F)cc3)c(F)c2F)c(F)c1F. The fourth-order valence-electron chi connectivity index (χ4n) is 7.75. The normalized spacial score (nSPS) is 14.1. The molecule has 0 aliphatic carbocycles. The van der Waals surface area contributed by atoms with Crippen molar-refractivity contribution in [1.82, 2.24) is 0 Å². The molecule has 0 aliphatic rings. The second kappa shape index (κ2) is 18.9. The van der Waals surface area contributed by atoms with Gasteiger partial charge in [-0.1, -0.05) is 38.1 Å². The summed E-state index contributed by atoms with van der Waals surface area (Å²) in [7, 11) is 0. The van der Waals surface area contributed by atoms with Crippen LogP contribution in [0.5, 0.6) is 17.2 Å². The molecule has 392 valence electrons. The number of halogens is 24. The van der Waals surface area contributed by atoms with Gasteiger partial charge in [-0.3, -0.25) is 0 Å². The zero-order chi connectivity index (χ0) is 55.2. The van der Waals surface area contributed by atoms with Crippen molar-refractivity contribution in [2.45, 2.75) is 69.6 Å². The molecule has 6 aromatic carbocycles. The van der Waals surface area contributed by atoms with E-state index in [2.05, 4.69) is 4.74 Å². The molecular formula is C47H24F24O2. The summed E-state index contributed by atoms with van der Waals surface area (Å²) in [5.41, 5.74) is -28.0. The van der Waals surface area contributed by atoms with Gasteiger partial charge in [0.25, 0.3) is 0 Å². The van der Waals surface area contributed by atoms with E-state index in [1.807, 2.05) is 0 Å².